The Labute approximate surface area is 147 Å². The maximum atomic E-state index is 13.2. The van der Waals surface area contributed by atoms with Gasteiger partial charge < -0.3 is 5.32 Å². The van der Waals surface area contributed by atoms with Crippen LogP contribution < -0.4 is 5.32 Å². The number of hydrogen-bond acceptors (Lipinski definition) is 5. The van der Waals surface area contributed by atoms with Gasteiger partial charge in [-0.1, -0.05) is 0 Å². The van der Waals surface area contributed by atoms with Crippen LogP contribution >= 0.6 is 0 Å². The SMILES string of the molecule is CCn1cc(-c2cc(C(F)(F)F)nc(NCc3cc(C)nn3C)n2)cn1. The Balaban J connectivity index is 1.93. The Kier molecular flexibility index (Phi) is 4.66. The molecule has 3 rings (SSSR count). The van der Waals surface area contributed by atoms with E-state index in [2.05, 4.69) is 25.5 Å². The Bertz CT molecular complexity index is 911. The summed E-state index contributed by atoms with van der Waals surface area (Å²) >= 11 is 0. The summed E-state index contributed by atoms with van der Waals surface area (Å²) in [6.45, 7) is 4.60. The molecule has 0 atom stereocenters. The van der Waals surface area contributed by atoms with Crippen LogP contribution in [0, 0.1) is 6.92 Å². The zero-order valence-electron chi connectivity index (χ0n) is 14.5. The number of aryl methyl sites for hydroxylation is 3. The van der Waals surface area contributed by atoms with Gasteiger partial charge in [0.2, 0.25) is 5.95 Å². The topological polar surface area (TPSA) is 73.5 Å². The lowest BCUT2D eigenvalue weighted by atomic mass is 10.2. The van der Waals surface area contributed by atoms with E-state index >= 15 is 0 Å². The zero-order valence-corrected chi connectivity index (χ0v) is 14.5. The first-order valence-corrected chi connectivity index (χ1v) is 7.98. The molecule has 0 bridgehead atoms. The van der Waals surface area contributed by atoms with Crippen LogP contribution in [0.1, 0.15) is 24.0 Å². The number of halogens is 3. The van der Waals surface area contributed by atoms with Crippen LogP contribution in [0.25, 0.3) is 11.3 Å². The summed E-state index contributed by atoms with van der Waals surface area (Å²) in [4.78, 5) is 7.82. The van der Waals surface area contributed by atoms with Gasteiger partial charge in [-0.15, -0.1) is 0 Å². The summed E-state index contributed by atoms with van der Waals surface area (Å²) in [5.74, 6) is -0.0991. The summed E-state index contributed by atoms with van der Waals surface area (Å²) in [5, 5.41) is 11.1. The molecule has 1 N–H and O–H groups in total. The molecule has 0 aliphatic rings. The van der Waals surface area contributed by atoms with E-state index in [4.69, 9.17) is 0 Å². The molecule has 0 fully saturated rings. The van der Waals surface area contributed by atoms with E-state index in [0.717, 1.165) is 17.5 Å². The molecular formula is C16H18F3N7. The highest BCUT2D eigenvalue weighted by Crippen LogP contribution is 2.31. The molecule has 26 heavy (non-hydrogen) atoms. The molecule has 138 valence electrons. The maximum absolute atomic E-state index is 13.2. The molecule has 3 heterocycles. The molecule has 0 aliphatic heterocycles. The fraction of sp³-hybridized carbons (Fsp3) is 0.375. The minimum Gasteiger partial charge on any atom is -0.349 e. The van der Waals surface area contributed by atoms with Gasteiger partial charge in [0.05, 0.1) is 29.8 Å². The van der Waals surface area contributed by atoms with Crippen LogP contribution in [-0.2, 0) is 26.3 Å². The third-order valence-corrected chi connectivity index (χ3v) is 3.80. The van der Waals surface area contributed by atoms with Crippen molar-refractivity contribution in [3.8, 4) is 11.3 Å². The van der Waals surface area contributed by atoms with Crippen molar-refractivity contribution >= 4 is 5.95 Å². The van der Waals surface area contributed by atoms with Gasteiger partial charge in [0.1, 0.15) is 0 Å². The molecule has 0 amide bonds. The first-order chi connectivity index (χ1) is 12.3. The normalized spacial score (nSPS) is 11.8. The number of rotatable bonds is 5. The van der Waals surface area contributed by atoms with Crippen molar-refractivity contribution in [3.05, 3.63) is 41.6 Å². The van der Waals surface area contributed by atoms with E-state index in [1.165, 1.54) is 6.20 Å². The summed E-state index contributed by atoms with van der Waals surface area (Å²) < 4.78 is 42.9. The lowest BCUT2D eigenvalue weighted by Gasteiger charge is -2.11. The maximum Gasteiger partial charge on any atom is 0.433 e. The molecule has 3 aromatic heterocycles. The number of nitrogens with one attached hydrogen (secondary N) is 1. The van der Waals surface area contributed by atoms with Gasteiger partial charge >= 0.3 is 6.18 Å². The van der Waals surface area contributed by atoms with Crippen molar-refractivity contribution in [1.82, 2.24) is 29.5 Å². The smallest absolute Gasteiger partial charge is 0.349 e. The summed E-state index contributed by atoms with van der Waals surface area (Å²) in [5.41, 5.74) is 1.29. The van der Waals surface area contributed by atoms with Crippen molar-refractivity contribution in [1.29, 1.82) is 0 Å². The molecule has 0 spiro atoms. The number of aromatic nitrogens is 6. The van der Waals surface area contributed by atoms with Crippen molar-refractivity contribution < 1.29 is 13.2 Å². The lowest BCUT2D eigenvalue weighted by Crippen LogP contribution is -2.13. The second-order valence-electron chi connectivity index (χ2n) is 5.80. The van der Waals surface area contributed by atoms with Crippen LogP contribution in [0.15, 0.2) is 24.5 Å². The van der Waals surface area contributed by atoms with Crippen LogP contribution in [0.4, 0.5) is 19.1 Å². The van der Waals surface area contributed by atoms with Gasteiger partial charge in [-0.3, -0.25) is 9.36 Å². The fourth-order valence-electron chi connectivity index (χ4n) is 2.49. The van der Waals surface area contributed by atoms with Crippen LogP contribution in [0.2, 0.25) is 0 Å². The standard InChI is InChI=1S/C16H18F3N7/c1-4-26-9-11(7-21-26)13-6-14(16(17,18)19)23-15(22-13)20-8-12-5-10(2)24-25(12)3/h5-7,9H,4,8H2,1-3H3,(H,20,22,23). The van der Waals surface area contributed by atoms with Crippen molar-refractivity contribution in [3.63, 3.8) is 0 Å². The highest BCUT2D eigenvalue weighted by atomic mass is 19.4. The average Bonchev–Trinajstić information content (AvgIpc) is 3.18. The number of hydrogen-bond donors (Lipinski definition) is 1. The summed E-state index contributed by atoms with van der Waals surface area (Å²) in [7, 11) is 1.77. The van der Waals surface area contributed by atoms with Gasteiger partial charge in [0.15, 0.2) is 5.69 Å². The highest BCUT2D eigenvalue weighted by molar-refractivity contribution is 5.59. The van der Waals surface area contributed by atoms with Crippen molar-refractivity contribution in [2.45, 2.75) is 33.1 Å². The monoisotopic (exact) mass is 365 g/mol. The van der Waals surface area contributed by atoms with E-state index < -0.39 is 11.9 Å². The first kappa shape index (κ1) is 17.9. The van der Waals surface area contributed by atoms with Crippen molar-refractivity contribution in [2.75, 3.05) is 5.32 Å². The average molecular weight is 365 g/mol. The Morgan fingerprint density at radius 1 is 1.19 bits per heavy atom. The van der Waals surface area contributed by atoms with E-state index in [0.29, 0.717) is 12.1 Å². The molecule has 0 saturated carbocycles. The second kappa shape index (κ2) is 6.77. The predicted molar refractivity (Wildman–Crippen MR) is 89.2 cm³/mol. The van der Waals surface area contributed by atoms with Gasteiger partial charge in [0, 0.05) is 25.4 Å². The Morgan fingerprint density at radius 2 is 1.96 bits per heavy atom. The van der Waals surface area contributed by atoms with Crippen LogP contribution in [0.5, 0.6) is 0 Å². The fourth-order valence-corrected chi connectivity index (χ4v) is 2.49. The Morgan fingerprint density at radius 3 is 2.54 bits per heavy atom. The van der Waals surface area contributed by atoms with Crippen molar-refractivity contribution in [2.24, 2.45) is 7.05 Å². The number of anilines is 1. The largest absolute Gasteiger partial charge is 0.433 e. The van der Waals surface area contributed by atoms with E-state index in [1.54, 1.807) is 22.6 Å². The highest BCUT2D eigenvalue weighted by Gasteiger charge is 2.34. The molecule has 3 aromatic rings. The molecule has 0 saturated heterocycles. The quantitative estimate of drug-likeness (QED) is 0.752. The predicted octanol–water partition coefficient (Wildman–Crippen LogP) is 3.03. The van der Waals surface area contributed by atoms with Gasteiger partial charge in [-0.25, -0.2) is 9.97 Å². The molecular weight excluding hydrogens is 347 g/mol. The minimum atomic E-state index is -4.57. The molecule has 10 heteroatoms. The van der Waals surface area contributed by atoms with Gasteiger partial charge in [-0.05, 0) is 26.0 Å². The molecule has 0 unspecified atom stereocenters. The van der Waals surface area contributed by atoms with Crippen LogP contribution in [-0.4, -0.2) is 29.5 Å². The van der Waals surface area contributed by atoms with Gasteiger partial charge in [-0.2, -0.15) is 23.4 Å². The molecule has 0 aromatic carbocycles. The van der Waals surface area contributed by atoms with E-state index in [9.17, 15) is 13.2 Å². The Hall–Kier alpha value is -2.91. The number of alkyl halides is 3. The van der Waals surface area contributed by atoms with Gasteiger partial charge in [0.25, 0.3) is 0 Å². The second-order valence-corrected chi connectivity index (χ2v) is 5.80. The van der Waals surface area contributed by atoms with Crippen LogP contribution in [0.3, 0.4) is 0 Å². The molecule has 0 aliphatic carbocycles. The molecule has 7 nitrogen and oxygen atoms in total. The van der Waals surface area contributed by atoms with E-state index in [-0.39, 0.29) is 18.2 Å². The molecule has 0 radical (unpaired) electrons. The third kappa shape index (κ3) is 3.84. The third-order valence-electron chi connectivity index (χ3n) is 3.80. The first-order valence-electron chi connectivity index (χ1n) is 7.98. The minimum absolute atomic E-state index is 0.0991. The zero-order chi connectivity index (χ0) is 18.9. The summed E-state index contributed by atoms with van der Waals surface area (Å²) in [6.07, 6.45) is -1.44. The summed E-state index contributed by atoms with van der Waals surface area (Å²) in [6, 6.07) is 2.77. The lowest BCUT2D eigenvalue weighted by molar-refractivity contribution is -0.141. The van der Waals surface area contributed by atoms with E-state index in [1.807, 2.05) is 19.9 Å². The number of nitrogens with zero attached hydrogens (tertiary/aromatic N) is 6.